The molecule has 0 spiro atoms. The highest BCUT2D eigenvalue weighted by molar-refractivity contribution is 5.79. The van der Waals surface area contributed by atoms with Crippen molar-refractivity contribution in [3.8, 4) is 0 Å². The van der Waals surface area contributed by atoms with Crippen LogP contribution in [0.4, 0.5) is 0 Å². The number of hydrogen-bond acceptors (Lipinski definition) is 6. The van der Waals surface area contributed by atoms with Gasteiger partial charge in [-0.25, -0.2) is 0 Å². The zero-order valence-corrected chi connectivity index (χ0v) is 24.1. The van der Waals surface area contributed by atoms with Gasteiger partial charge in [-0.05, 0) is 47.6 Å². The average molecular weight is 557 g/mol. The summed E-state index contributed by atoms with van der Waals surface area (Å²) in [7, 11) is 0. The Kier molecular flexibility index (Phi) is 10.2. The number of aliphatic hydroxyl groups is 2. The predicted octanol–water partition coefficient (Wildman–Crippen LogP) is 3.75. The highest BCUT2D eigenvalue weighted by Gasteiger charge is 2.35. The zero-order chi connectivity index (χ0) is 28.6. The third kappa shape index (κ3) is 7.80. The van der Waals surface area contributed by atoms with Crippen molar-refractivity contribution in [3.63, 3.8) is 0 Å². The van der Waals surface area contributed by atoms with E-state index in [9.17, 15) is 15.0 Å². The van der Waals surface area contributed by atoms with Gasteiger partial charge in [0.15, 0.2) is 0 Å². The standard InChI is InChI=1S/C34H44N4O3/c1-2-9-29-23-37(22-26-12-8-15-35-21-26)16-17-38(29)24-30(39)19-28(18-25-10-4-3-5-11-25)34(41)36-33-31-14-7-6-13-27(31)20-32(33)40/h3-8,10-15,21,28-30,32-33,39-40H,2,9,16-20,22-24H2,1H3,(H,36,41). The molecule has 1 fully saturated rings. The van der Waals surface area contributed by atoms with Gasteiger partial charge in [0.1, 0.15) is 0 Å². The molecule has 1 saturated heterocycles. The molecule has 2 aromatic carbocycles. The number of fused-ring (bicyclic) bond motifs is 1. The van der Waals surface area contributed by atoms with E-state index in [1.807, 2.05) is 73.1 Å². The lowest BCUT2D eigenvalue weighted by molar-refractivity contribution is -0.127. The van der Waals surface area contributed by atoms with E-state index in [1.54, 1.807) is 0 Å². The molecule has 5 atom stereocenters. The lowest BCUT2D eigenvalue weighted by Gasteiger charge is -2.42. The number of nitrogens with one attached hydrogen (secondary N) is 1. The molecule has 0 radical (unpaired) electrons. The number of aliphatic hydroxyl groups excluding tert-OH is 2. The van der Waals surface area contributed by atoms with Crippen LogP contribution in [-0.4, -0.2) is 75.3 Å². The Balaban J connectivity index is 1.23. The minimum atomic E-state index is -0.642. The van der Waals surface area contributed by atoms with E-state index in [0.29, 0.717) is 31.8 Å². The van der Waals surface area contributed by atoms with E-state index in [-0.39, 0.29) is 5.91 Å². The van der Waals surface area contributed by atoms with E-state index in [0.717, 1.165) is 55.7 Å². The van der Waals surface area contributed by atoms with Gasteiger partial charge in [0.05, 0.1) is 18.2 Å². The SMILES string of the molecule is CCCC1CN(Cc2cccnc2)CCN1CC(O)CC(Cc1ccccc1)C(=O)NC1c2ccccc2CC1O. The monoisotopic (exact) mass is 556 g/mol. The van der Waals surface area contributed by atoms with Gasteiger partial charge in [-0.2, -0.15) is 0 Å². The molecule has 5 rings (SSSR count). The number of β-amino-alcohol motifs (C(OH)–C–C–N with tert-alkyl or cyclic N) is 1. The first kappa shape index (κ1) is 29.4. The molecule has 218 valence electrons. The molecule has 1 aliphatic heterocycles. The number of piperazine rings is 1. The summed E-state index contributed by atoms with van der Waals surface area (Å²) in [6.07, 6.45) is 6.10. The molecular weight excluding hydrogens is 512 g/mol. The quantitative estimate of drug-likeness (QED) is 0.315. The third-order valence-corrected chi connectivity index (χ3v) is 8.64. The number of hydrogen-bond donors (Lipinski definition) is 3. The van der Waals surface area contributed by atoms with E-state index >= 15 is 0 Å². The average Bonchev–Trinajstić information content (AvgIpc) is 3.30. The van der Waals surface area contributed by atoms with E-state index in [1.165, 1.54) is 5.56 Å². The van der Waals surface area contributed by atoms with Crippen LogP contribution in [0.15, 0.2) is 79.1 Å². The molecule has 2 aliphatic rings. The molecule has 7 heteroatoms. The second-order valence-electron chi connectivity index (χ2n) is 11.8. The van der Waals surface area contributed by atoms with Gasteiger partial charge in [-0.1, -0.05) is 74.0 Å². The Labute approximate surface area is 244 Å². The molecule has 0 bridgehead atoms. The molecule has 2 heterocycles. The van der Waals surface area contributed by atoms with Crippen LogP contribution < -0.4 is 5.32 Å². The normalized spacial score (nSPS) is 22.7. The molecule has 41 heavy (non-hydrogen) atoms. The van der Waals surface area contributed by atoms with Crippen molar-refractivity contribution in [2.24, 2.45) is 5.92 Å². The minimum Gasteiger partial charge on any atom is -0.392 e. The minimum absolute atomic E-state index is 0.111. The Morgan fingerprint density at radius 1 is 1.05 bits per heavy atom. The van der Waals surface area contributed by atoms with E-state index in [2.05, 4.69) is 33.1 Å². The lowest BCUT2D eigenvalue weighted by atomic mass is 9.91. The summed E-state index contributed by atoms with van der Waals surface area (Å²) in [5.74, 6) is -0.510. The topological polar surface area (TPSA) is 88.9 Å². The van der Waals surface area contributed by atoms with E-state index < -0.39 is 24.2 Å². The van der Waals surface area contributed by atoms with Gasteiger partial charge in [0, 0.05) is 63.5 Å². The van der Waals surface area contributed by atoms with Crippen LogP contribution in [0, 0.1) is 5.92 Å². The molecule has 1 amide bonds. The van der Waals surface area contributed by atoms with E-state index in [4.69, 9.17) is 0 Å². The van der Waals surface area contributed by atoms with Crippen LogP contribution in [0.25, 0.3) is 0 Å². The first-order valence-corrected chi connectivity index (χ1v) is 15.1. The van der Waals surface area contributed by atoms with Crippen LogP contribution in [0.1, 0.15) is 54.5 Å². The van der Waals surface area contributed by atoms with Gasteiger partial charge in [0.25, 0.3) is 0 Å². The first-order valence-electron chi connectivity index (χ1n) is 15.1. The van der Waals surface area contributed by atoms with Crippen LogP contribution in [-0.2, 0) is 24.2 Å². The molecular formula is C34H44N4O3. The van der Waals surface area contributed by atoms with Gasteiger partial charge in [0.2, 0.25) is 5.91 Å². The fraction of sp³-hybridized carbons (Fsp3) is 0.471. The number of aromatic nitrogens is 1. The fourth-order valence-corrected chi connectivity index (χ4v) is 6.57. The lowest BCUT2D eigenvalue weighted by Crippen LogP contribution is -2.54. The highest BCUT2D eigenvalue weighted by Crippen LogP contribution is 2.32. The Hall–Kier alpha value is -3.10. The van der Waals surface area contributed by atoms with Crippen LogP contribution in [0.5, 0.6) is 0 Å². The molecule has 3 aromatic rings. The Morgan fingerprint density at radius 3 is 2.61 bits per heavy atom. The first-order chi connectivity index (χ1) is 20.0. The van der Waals surface area contributed by atoms with Gasteiger partial charge in [-0.15, -0.1) is 0 Å². The number of amides is 1. The number of benzene rings is 2. The summed E-state index contributed by atoms with van der Waals surface area (Å²) in [4.78, 5) is 22.9. The Bertz CT molecular complexity index is 1240. The van der Waals surface area contributed by atoms with Crippen LogP contribution >= 0.6 is 0 Å². The van der Waals surface area contributed by atoms with Crippen molar-refractivity contribution in [1.82, 2.24) is 20.1 Å². The van der Waals surface area contributed by atoms with Crippen LogP contribution in [0.2, 0.25) is 0 Å². The fourth-order valence-electron chi connectivity index (χ4n) is 6.57. The number of carbonyl (C=O) groups excluding carboxylic acids is 1. The summed E-state index contributed by atoms with van der Waals surface area (Å²) >= 11 is 0. The smallest absolute Gasteiger partial charge is 0.224 e. The third-order valence-electron chi connectivity index (χ3n) is 8.64. The second-order valence-corrected chi connectivity index (χ2v) is 11.8. The van der Waals surface area contributed by atoms with Gasteiger partial charge in [-0.3, -0.25) is 19.6 Å². The number of pyridine rings is 1. The molecule has 1 aliphatic carbocycles. The summed E-state index contributed by atoms with van der Waals surface area (Å²) in [6, 6.07) is 22.0. The van der Waals surface area contributed by atoms with Crippen molar-refractivity contribution >= 4 is 5.91 Å². The number of carbonyl (C=O) groups is 1. The number of rotatable bonds is 12. The second kappa shape index (κ2) is 14.2. The zero-order valence-electron chi connectivity index (χ0n) is 24.1. The molecule has 3 N–H and O–H groups in total. The maximum absolute atomic E-state index is 13.7. The largest absolute Gasteiger partial charge is 0.392 e. The molecule has 0 saturated carbocycles. The molecule has 1 aromatic heterocycles. The predicted molar refractivity (Wildman–Crippen MR) is 161 cm³/mol. The maximum atomic E-state index is 13.7. The summed E-state index contributed by atoms with van der Waals surface area (Å²) < 4.78 is 0. The number of nitrogens with zero attached hydrogens (tertiary/aromatic N) is 3. The summed E-state index contributed by atoms with van der Waals surface area (Å²) in [5, 5.41) is 25.3. The van der Waals surface area contributed by atoms with Crippen molar-refractivity contribution in [1.29, 1.82) is 0 Å². The molecule has 5 unspecified atom stereocenters. The van der Waals surface area contributed by atoms with Crippen molar-refractivity contribution in [3.05, 3.63) is 101 Å². The van der Waals surface area contributed by atoms with Crippen molar-refractivity contribution < 1.29 is 15.0 Å². The Morgan fingerprint density at radius 2 is 1.83 bits per heavy atom. The maximum Gasteiger partial charge on any atom is 0.224 e. The van der Waals surface area contributed by atoms with Crippen molar-refractivity contribution in [2.75, 3.05) is 26.2 Å². The van der Waals surface area contributed by atoms with Gasteiger partial charge >= 0.3 is 0 Å². The van der Waals surface area contributed by atoms with Gasteiger partial charge < -0.3 is 15.5 Å². The summed E-state index contributed by atoms with van der Waals surface area (Å²) in [5.41, 5.74) is 4.36. The van der Waals surface area contributed by atoms with Crippen molar-refractivity contribution in [2.45, 2.75) is 69.9 Å². The van der Waals surface area contributed by atoms with Crippen LogP contribution in [0.3, 0.4) is 0 Å². The summed E-state index contributed by atoms with van der Waals surface area (Å²) in [6.45, 7) is 6.45. The molecule has 7 nitrogen and oxygen atoms in total. The highest BCUT2D eigenvalue weighted by atomic mass is 16.3.